The summed E-state index contributed by atoms with van der Waals surface area (Å²) in [6.07, 6.45) is 2.01. The molecule has 4 nitrogen and oxygen atoms in total. The Kier molecular flexibility index (Phi) is 2.84. The van der Waals surface area contributed by atoms with Crippen molar-refractivity contribution in [1.82, 2.24) is 9.78 Å². The number of hydrogen-bond acceptors (Lipinski definition) is 3. The van der Waals surface area contributed by atoms with Crippen LogP contribution < -0.4 is 0 Å². The van der Waals surface area contributed by atoms with Crippen LogP contribution in [0.15, 0.2) is 34.9 Å². The lowest BCUT2D eigenvalue weighted by Crippen LogP contribution is -1.99. The summed E-state index contributed by atoms with van der Waals surface area (Å²) in [5, 5.41) is 13.0. The lowest BCUT2D eigenvalue weighted by atomic mass is 10.2. The second kappa shape index (κ2) is 4.29. The molecule has 0 radical (unpaired) electrons. The maximum absolute atomic E-state index is 10.7. The number of nitrogens with zero attached hydrogens (tertiary/aromatic N) is 3. The molecular formula is C11H6BrN3O. The molecule has 0 aliphatic carbocycles. The van der Waals surface area contributed by atoms with Crippen molar-refractivity contribution in [3.8, 4) is 11.8 Å². The van der Waals surface area contributed by atoms with E-state index in [-0.39, 0.29) is 5.69 Å². The molecule has 0 fully saturated rings. The van der Waals surface area contributed by atoms with Crippen molar-refractivity contribution in [3.05, 3.63) is 46.2 Å². The van der Waals surface area contributed by atoms with Gasteiger partial charge in [-0.25, -0.2) is 4.68 Å². The van der Waals surface area contributed by atoms with E-state index in [0.717, 1.165) is 10.2 Å². The molecule has 0 aliphatic heterocycles. The molecule has 1 heterocycles. The minimum absolute atomic E-state index is 0.248. The van der Waals surface area contributed by atoms with Crippen LogP contribution >= 0.6 is 15.9 Å². The monoisotopic (exact) mass is 275 g/mol. The van der Waals surface area contributed by atoms with Crippen molar-refractivity contribution in [2.45, 2.75) is 0 Å². The van der Waals surface area contributed by atoms with Crippen LogP contribution in [0.2, 0.25) is 0 Å². The van der Waals surface area contributed by atoms with Gasteiger partial charge in [-0.2, -0.15) is 10.4 Å². The Morgan fingerprint density at radius 2 is 2.06 bits per heavy atom. The normalized spacial score (nSPS) is 9.75. The molecule has 0 saturated carbocycles. The summed E-state index contributed by atoms with van der Waals surface area (Å²) in [6.45, 7) is 0. The summed E-state index contributed by atoms with van der Waals surface area (Å²) in [5.41, 5.74) is 1.29. The minimum atomic E-state index is 0.248. The van der Waals surface area contributed by atoms with Crippen molar-refractivity contribution in [1.29, 1.82) is 5.26 Å². The van der Waals surface area contributed by atoms with Gasteiger partial charge in [0.1, 0.15) is 6.07 Å². The molecule has 0 saturated heterocycles. The first-order chi connectivity index (χ1) is 7.76. The third-order valence-corrected chi connectivity index (χ3v) is 2.63. The molecule has 2 rings (SSSR count). The minimum Gasteiger partial charge on any atom is -0.298 e. The summed E-state index contributed by atoms with van der Waals surface area (Å²) >= 11 is 3.32. The highest BCUT2D eigenvalue weighted by molar-refractivity contribution is 9.10. The van der Waals surface area contributed by atoms with Crippen LogP contribution in [0.4, 0.5) is 0 Å². The van der Waals surface area contributed by atoms with E-state index < -0.39 is 0 Å². The van der Waals surface area contributed by atoms with Crippen molar-refractivity contribution >= 4 is 22.2 Å². The van der Waals surface area contributed by atoms with E-state index in [9.17, 15) is 4.79 Å². The van der Waals surface area contributed by atoms with Crippen LogP contribution in [0, 0.1) is 11.3 Å². The Morgan fingerprint density at radius 3 is 2.62 bits per heavy atom. The molecule has 16 heavy (non-hydrogen) atoms. The van der Waals surface area contributed by atoms with Crippen LogP contribution in [0.5, 0.6) is 0 Å². The SMILES string of the molecule is N#Cc1c(C=O)cnn1-c1ccc(Br)cc1. The number of carbonyl (C=O) groups is 1. The summed E-state index contributed by atoms with van der Waals surface area (Å²) in [7, 11) is 0. The highest BCUT2D eigenvalue weighted by Crippen LogP contribution is 2.16. The largest absolute Gasteiger partial charge is 0.298 e. The maximum atomic E-state index is 10.7. The molecule has 5 heteroatoms. The Morgan fingerprint density at radius 1 is 1.38 bits per heavy atom. The van der Waals surface area contributed by atoms with E-state index in [2.05, 4.69) is 21.0 Å². The first kappa shape index (κ1) is 10.6. The van der Waals surface area contributed by atoms with Crippen LogP contribution in [-0.4, -0.2) is 16.1 Å². The van der Waals surface area contributed by atoms with Crippen LogP contribution in [0.25, 0.3) is 5.69 Å². The van der Waals surface area contributed by atoms with Crippen molar-refractivity contribution in [2.75, 3.05) is 0 Å². The summed E-state index contributed by atoms with van der Waals surface area (Å²) < 4.78 is 2.38. The van der Waals surface area contributed by atoms with Gasteiger partial charge in [0.2, 0.25) is 0 Å². The van der Waals surface area contributed by atoms with Gasteiger partial charge in [-0.05, 0) is 24.3 Å². The fourth-order valence-corrected chi connectivity index (χ4v) is 1.60. The lowest BCUT2D eigenvalue weighted by Gasteiger charge is -2.02. The fraction of sp³-hybridized carbons (Fsp3) is 0. The second-order valence-corrected chi connectivity index (χ2v) is 3.98. The number of rotatable bonds is 2. The highest BCUT2D eigenvalue weighted by atomic mass is 79.9. The molecule has 0 amide bonds. The van der Waals surface area contributed by atoms with E-state index in [4.69, 9.17) is 5.26 Å². The van der Waals surface area contributed by atoms with Crippen LogP contribution in [-0.2, 0) is 0 Å². The summed E-state index contributed by atoms with van der Waals surface area (Å²) in [4.78, 5) is 10.7. The van der Waals surface area contributed by atoms with E-state index in [1.165, 1.54) is 10.9 Å². The van der Waals surface area contributed by atoms with E-state index in [0.29, 0.717) is 11.8 Å². The topological polar surface area (TPSA) is 58.7 Å². The first-order valence-corrected chi connectivity index (χ1v) is 5.25. The van der Waals surface area contributed by atoms with Gasteiger partial charge in [-0.15, -0.1) is 0 Å². The molecule has 0 aliphatic rings. The number of halogens is 1. The van der Waals surface area contributed by atoms with Crippen molar-refractivity contribution in [3.63, 3.8) is 0 Å². The smallest absolute Gasteiger partial charge is 0.154 e. The maximum Gasteiger partial charge on any atom is 0.154 e. The number of aromatic nitrogens is 2. The molecule has 0 atom stereocenters. The summed E-state index contributed by atoms with van der Waals surface area (Å²) in [5.74, 6) is 0. The molecule has 0 spiro atoms. The average Bonchev–Trinajstić information content (AvgIpc) is 2.72. The molecular weight excluding hydrogens is 270 g/mol. The number of hydrogen-bond donors (Lipinski definition) is 0. The molecule has 0 N–H and O–H groups in total. The Hall–Kier alpha value is -1.93. The molecule has 1 aromatic heterocycles. The van der Waals surface area contributed by atoms with Gasteiger partial charge < -0.3 is 0 Å². The van der Waals surface area contributed by atoms with E-state index in [1.54, 1.807) is 0 Å². The zero-order chi connectivity index (χ0) is 11.5. The third-order valence-electron chi connectivity index (χ3n) is 2.10. The predicted octanol–water partition coefficient (Wildman–Crippen LogP) is 2.32. The molecule has 1 aromatic carbocycles. The van der Waals surface area contributed by atoms with E-state index >= 15 is 0 Å². The first-order valence-electron chi connectivity index (χ1n) is 4.45. The second-order valence-electron chi connectivity index (χ2n) is 3.07. The van der Waals surface area contributed by atoms with Crippen molar-refractivity contribution < 1.29 is 4.79 Å². The van der Waals surface area contributed by atoms with Gasteiger partial charge in [0.05, 0.1) is 17.4 Å². The number of benzene rings is 1. The predicted molar refractivity (Wildman–Crippen MR) is 61.4 cm³/mol. The molecule has 78 valence electrons. The Labute approximate surface area is 100 Å². The highest BCUT2D eigenvalue weighted by Gasteiger charge is 2.10. The zero-order valence-electron chi connectivity index (χ0n) is 8.09. The van der Waals surface area contributed by atoms with Gasteiger partial charge in [0.25, 0.3) is 0 Å². The Balaban J connectivity index is 2.57. The van der Waals surface area contributed by atoms with Gasteiger partial charge >= 0.3 is 0 Å². The number of carbonyl (C=O) groups excluding carboxylic acids is 1. The van der Waals surface area contributed by atoms with Gasteiger partial charge in [0.15, 0.2) is 12.0 Å². The van der Waals surface area contributed by atoms with Crippen LogP contribution in [0.3, 0.4) is 0 Å². The number of nitriles is 1. The standard InChI is InChI=1S/C11H6BrN3O/c12-9-1-3-10(4-2-9)15-11(5-13)8(7-16)6-14-15/h1-4,6-7H. The van der Waals surface area contributed by atoms with Gasteiger partial charge in [-0.1, -0.05) is 15.9 Å². The molecule has 2 aromatic rings. The summed E-state index contributed by atoms with van der Waals surface area (Å²) in [6, 6.07) is 9.28. The molecule has 0 bridgehead atoms. The Bertz CT molecular complexity index is 566. The van der Waals surface area contributed by atoms with Crippen molar-refractivity contribution in [2.24, 2.45) is 0 Å². The zero-order valence-corrected chi connectivity index (χ0v) is 9.68. The average molecular weight is 276 g/mol. The third kappa shape index (κ3) is 1.75. The quantitative estimate of drug-likeness (QED) is 0.791. The fourth-order valence-electron chi connectivity index (χ4n) is 1.34. The van der Waals surface area contributed by atoms with Gasteiger partial charge in [0, 0.05) is 4.47 Å². The van der Waals surface area contributed by atoms with Gasteiger partial charge in [-0.3, -0.25) is 4.79 Å². The van der Waals surface area contributed by atoms with E-state index in [1.807, 2.05) is 30.3 Å². The van der Waals surface area contributed by atoms with Crippen LogP contribution in [0.1, 0.15) is 16.1 Å². The number of aldehydes is 1. The lowest BCUT2D eigenvalue weighted by molar-refractivity contribution is 0.112. The molecule has 0 unspecified atom stereocenters.